The van der Waals surface area contributed by atoms with Crippen molar-refractivity contribution in [2.75, 3.05) is 12.3 Å². The normalized spacial score (nSPS) is 11.2. The second-order valence-corrected chi connectivity index (χ2v) is 5.54. The van der Waals surface area contributed by atoms with Crippen molar-refractivity contribution in [2.24, 2.45) is 0 Å². The van der Waals surface area contributed by atoms with Crippen LogP contribution in [0.5, 0.6) is 5.75 Å². The largest absolute Gasteiger partial charge is 0.494 e. The Morgan fingerprint density at radius 1 is 1.14 bits per heavy atom. The molecule has 0 saturated heterocycles. The molecule has 0 bridgehead atoms. The van der Waals surface area contributed by atoms with E-state index in [-0.39, 0.29) is 5.78 Å². The molecule has 0 fully saturated rings. The average molecular weight is 283 g/mol. The van der Waals surface area contributed by atoms with Crippen LogP contribution in [0.25, 0.3) is 0 Å². The van der Waals surface area contributed by atoms with Gasteiger partial charge in [0.2, 0.25) is 0 Å². The summed E-state index contributed by atoms with van der Waals surface area (Å²) in [7, 11) is 0. The Morgan fingerprint density at radius 3 is 2.43 bits per heavy atom. The second kappa shape index (κ2) is 6.00. The van der Waals surface area contributed by atoms with Crippen molar-refractivity contribution in [2.45, 2.75) is 26.2 Å². The molecule has 0 radical (unpaired) electrons. The second-order valence-electron chi connectivity index (χ2n) is 5.54. The fourth-order valence-corrected chi connectivity index (χ4v) is 2.29. The lowest BCUT2D eigenvalue weighted by Gasteiger charge is -2.24. The molecule has 0 aliphatic heterocycles. The van der Waals surface area contributed by atoms with Gasteiger partial charge in [-0.2, -0.15) is 0 Å². The topological polar surface area (TPSA) is 52.3 Å². The molecule has 0 atom stereocenters. The van der Waals surface area contributed by atoms with Crippen LogP contribution in [-0.4, -0.2) is 12.4 Å². The summed E-state index contributed by atoms with van der Waals surface area (Å²) in [6.07, 6.45) is 0. The van der Waals surface area contributed by atoms with Gasteiger partial charge in [-0.25, -0.2) is 0 Å². The molecule has 21 heavy (non-hydrogen) atoms. The van der Waals surface area contributed by atoms with E-state index in [1.165, 1.54) is 0 Å². The van der Waals surface area contributed by atoms with Crippen molar-refractivity contribution in [1.82, 2.24) is 0 Å². The summed E-state index contributed by atoms with van der Waals surface area (Å²) >= 11 is 0. The van der Waals surface area contributed by atoms with Gasteiger partial charge in [-0.3, -0.25) is 4.79 Å². The number of ether oxygens (including phenoxy) is 1. The molecule has 0 heterocycles. The Bertz CT molecular complexity index is 630. The minimum absolute atomic E-state index is 0.0637. The van der Waals surface area contributed by atoms with Gasteiger partial charge < -0.3 is 10.5 Å². The summed E-state index contributed by atoms with van der Waals surface area (Å²) in [4.78, 5) is 12.8. The Morgan fingerprint density at radius 2 is 1.81 bits per heavy atom. The quantitative estimate of drug-likeness (QED) is 0.670. The summed E-state index contributed by atoms with van der Waals surface area (Å²) in [5, 5.41) is 0. The smallest absolute Gasteiger partial charge is 0.172 e. The number of carbonyl (C=O) groups excluding carboxylic acids is 1. The van der Waals surface area contributed by atoms with E-state index in [2.05, 4.69) is 0 Å². The maximum Gasteiger partial charge on any atom is 0.172 e. The zero-order chi connectivity index (χ0) is 15.5. The number of ketones is 1. The van der Waals surface area contributed by atoms with Gasteiger partial charge >= 0.3 is 0 Å². The Kier molecular flexibility index (Phi) is 4.32. The van der Waals surface area contributed by atoms with E-state index >= 15 is 0 Å². The molecule has 0 spiro atoms. The Hall–Kier alpha value is -2.29. The molecule has 110 valence electrons. The van der Waals surface area contributed by atoms with Crippen LogP contribution in [-0.2, 0) is 5.41 Å². The van der Waals surface area contributed by atoms with E-state index in [4.69, 9.17) is 10.5 Å². The van der Waals surface area contributed by atoms with Gasteiger partial charge in [-0.05, 0) is 50.6 Å². The Balaban J connectivity index is 2.33. The van der Waals surface area contributed by atoms with Crippen LogP contribution in [0.3, 0.4) is 0 Å². The number of rotatable bonds is 5. The number of hydrogen-bond donors (Lipinski definition) is 1. The molecule has 0 amide bonds. The van der Waals surface area contributed by atoms with Crippen molar-refractivity contribution in [1.29, 1.82) is 0 Å². The number of hydrogen-bond acceptors (Lipinski definition) is 3. The predicted octanol–water partition coefficient (Wildman–Crippen LogP) is 3.83. The zero-order valence-electron chi connectivity index (χ0n) is 12.7. The van der Waals surface area contributed by atoms with Crippen LogP contribution in [0.2, 0.25) is 0 Å². The highest BCUT2D eigenvalue weighted by Gasteiger charge is 2.30. The third-order valence-corrected chi connectivity index (χ3v) is 3.61. The van der Waals surface area contributed by atoms with E-state index in [0.717, 1.165) is 11.3 Å². The molecule has 2 aromatic carbocycles. The van der Waals surface area contributed by atoms with Crippen LogP contribution in [0.1, 0.15) is 36.7 Å². The molecule has 2 aromatic rings. The number of anilines is 1. The van der Waals surface area contributed by atoms with E-state index in [1.807, 2.05) is 63.2 Å². The van der Waals surface area contributed by atoms with Crippen LogP contribution in [0, 0.1) is 0 Å². The average Bonchev–Trinajstić information content (AvgIpc) is 2.47. The van der Waals surface area contributed by atoms with E-state index < -0.39 is 5.41 Å². The molecule has 0 saturated carbocycles. The first-order chi connectivity index (χ1) is 9.95. The monoisotopic (exact) mass is 283 g/mol. The molecule has 0 aromatic heterocycles. The lowest BCUT2D eigenvalue weighted by atomic mass is 9.78. The number of carbonyl (C=O) groups is 1. The molecule has 2 rings (SSSR count). The summed E-state index contributed by atoms with van der Waals surface area (Å²) in [5.74, 6) is 0.783. The van der Waals surface area contributed by atoms with E-state index in [9.17, 15) is 4.79 Å². The van der Waals surface area contributed by atoms with Crippen molar-refractivity contribution in [3.63, 3.8) is 0 Å². The molecular formula is C18H21NO2. The molecule has 0 aliphatic rings. The molecule has 3 nitrogen and oxygen atoms in total. The van der Waals surface area contributed by atoms with Gasteiger partial charge in [0, 0.05) is 11.3 Å². The molecule has 2 N–H and O–H groups in total. The minimum atomic E-state index is -0.613. The third kappa shape index (κ3) is 3.24. The van der Waals surface area contributed by atoms with Gasteiger partial charge in [-0.15, -0.1) is 0 Å². The fourth-order valence-electron chi connectivity index (χ4n) is 2.29. The van der Waals surface area contributed by atoms with Gasteiger partial charge in [-0.1, -0.05) is 24.3 Å². The van der Waals surface area contributed by atoms with Crippen LogP contribution < -0.4 is 10.5 Å². The van der Waals surface area contributed by atoms with Crippen LogP contribution in [0.4, 0.5) is 5.69 Å². The SMILES string of the molecule is CCOc1cccc(C(=O)C(C)(C)c2ccc(N)cc2)c1. The maximum atomic E-state index is 12.8. The number of benzene rings is 2. The standard InChI is InChI=1S/C18H21NO2/c1-4-21-16-7-5-6-13(12-16)17(20)18(2,3)14-8-10-15(19)11-9-14/h5-12H,4,19H2,1-3H3. The Labute approximate surface area is 125 Å². The summed E-state index contributed by atoms with van der Waals surface area (Å²) in [5.41, 5.74) is 7.39. The summed E-state index contributed by atoms with van der Waals surface area (Å²) in [6.45, 7) is 6.36. The van der Waals surface area contributed by atoms with Crippen molar-refractivity contribution < 1.29 is 9.53 Å². The minimum Gasteiger partial charge on any atom is -0.494 e. The highest BCUT2D eigenvalue weighted by molar-refractivity contribution is 6.03. The first-order valence-corrected chi connectivity index (χ1v) is 7.09. The van der Waals surface area contributed by atoms with Crippen molar-refractivity contribution in [3.8, 4) is 5.75 Å². The first-order valence-electron chi connectivity index (χ1n) is 7.09. The van der Waals surface area contributed by atoms with Crippen LogP contribution >= 0.6 is 0 Å². The van der Waals surface area contributed by atoms with Gasteiger partial charge in [0.15, 0.2) is 5.78 Å². The molecule has 0 aliphatic carbocycles. The highest BCUT2D eigenvalue weighted by Crippen LogP contribution is 2.29. The van der Waals surface area contributed by atoms with Crippen molar-refractivity contribution in [3.05, 3.63) is 59.7 Å². The van der Waals surface area contributed by atoms with Gasteiger partial charge in [0.1, 0.15) is 5.75 Å². The van der Waals surface area contributed by atoms with Crippen LogP contribution in [0.15, 0.2) is 48.5 Å². The van der Waals surface area contributed by atoms with E-state index in [1.54, 1.807) is 6.07 Å². The summed E-state index contributed by atoms with van der Waals surface area (Å²) in [6, 6.07) is 14.8. The highest BCUT2D eigenvalue weighted by atomic mass is 16.5. The summed E-state index contributed by atoms with van der Waals surface area (Å²) < 4.78 is 5.46. The van der Waals surface area contributed by atoms with E-state index in [0.29, 0.717) is 17.9 Å². The molecule has 3 heteroatoms. The zero-order valence-corrected chi connectivity index (χ0v) is 12.7. The number of nitrogens with two attached hydrogens (primary N) is 1. The lowest BCUT2D eigenvalue weighted by Crippen LogP contribution is -2.29. The van der Waals surface area contributed by atoms with Crippen molar-refractivity contribution >= 4 is 11.5 Å². The third-order valence-electron chi connectivity index (χ3n) is 3.61. The first kappa shape index (κ1) is 15.1. The number of nitrogen functional groups attached to an aromatic ring is 1. The fraction of sp³-hybridized carbons (Fsp3) is 0.278. The van der Waals surface area contributed by atoms with Gasteiger partial charge in [0.05, 0.1) is 12.0 Å². The maximum absolute atomic E-state index is 12.8. The molecule has 0 unspecified atom stereocenters. The molecular weight excluding hydrogens is 262 g/mol. The lowest BCUT2D eigenvalue weighted by molar-refractivity contribution is 0.0908. The van der Waals surface area contributed by atoms with Gasteiger partial charge in [0.25, 0.3) is 0 Å². The predicted molar refractivity (Wildman–Crippen MR) is 85.8 cm³/mol. The number of Topliss-reactive ketones (excluding diaryl/α,β-unsaturated/α-hetero) is 1.